The number of imidazole rings is 1. The molecule has 0 bridgehead atoms. The second-order valence-electron chi connectivity index (χ2n) is 4.21. The number of rotatable bonds is 6. The van der Waals surface area contributed by atoms with Crippen LogP contribution in [0.3, 0.4) is 0 Å². The fourth-order valence-corrected chi connectivity index (χ4v) is 2.18. The van der Waals surface area contributed by atoms with Crippen LogP contribution in [0.2, 0.25) is 5.02 Å². The first-order chi connectivity index (χ1) is 9.69. The summed E-state index contributed by atoms with van der Waals surface area (Å²) in [6.07, 6.45) is 3.65. The van der Waals surface area contributed by atoms with Crippen LogP contribution in [0.4, 0.5) is 5.69 Å². The molecule has 0 radical (unpaired) electrons. The Balaban J connectivity index is 2.17. The van der Waals surface area contributed by atoms with Crippen molar-refractivity contribution in [3.8, 4) is 11.5 Å². The number of halogens is 1. The minimum atomic E-state index is 0.588. The van der Waals surface area contributed by atoms with Gasteiger partial charge in [0.05, 0.1) is 43.5 Å². The molecule has 2 aromatic rings. The molecule has 0 amide bonds. The molecule has 0 fully saturated rings. The number of anilines is 1. The third-order valence-electron chi connectivity index (χ3n) is 3.07. The summed E-state index contributed by atoms with van der Waals surface area (Å²) in [7, 11) is 3.18. The van der Waals surface area contributed by atoms with Gasteiger partial charge in [-0.05, 0) is 6.92 Å². The summed E-state index contributed by atoms with van der Waals surface area (Å²) in [5.41, 5.74) is 1.89. The Morgan fingerprint density at radius 1 is 1.25 bits per heavy atom. The first kappa shape index (κ1) is 14.5. The van der Waals surface area contributed by atoms with E-state index in [1.54, 1.807) is 20.3 Å². The van der Waals surface area contributed by atoms with Crippen LogP contribution in [0, 0.1) is 0 Å². The molecule has 6 heteroatoms. The van der Waals surface area contributed by atoms with E-state index in [1.165, 1.54) is 0 Å². The molecule has 0 saturated heterocycles. The highest BCUT2D eigenvalue weighted by atomic mass is 35.5. The predicted molar refractivity (Wildman–Crippen MR) is 79.8 cm³/mol. The molecule has 0 aliphatic rings. The molecule has 20 heavy (non-hydrogen) atoms. The first-order valence-electron chi connectivity index (χ1n) is 6.34. The van der Waals surface area contributed by atoms with Gasteiger partial charge in [-0.1, -0.05) is 11.6 Å². The molecule has 1 aromatic carbocycles. The molecule has 108 valence electrons. The van der Waals surface area contributed by atoms with Gasteiger partial charge in [0, 0.05) is 24.9 Å². The van der Waals surface area contributed by atoms with Crippen LogP contribution >= 0.6 is 11.6 Å². The summed E-state index contributed by atoms with van der Waals surface area (Å²) in [6.45, 7) is 3.61. The van der Waals surface area contributed by atoms with E-state index in [2.05, 4.69) is 21.8 Å². The van der Waals surface area contributed by atoms with Crippen molar-refractivity contribution in [3.63, 3.8) is 0 Å². The van der Waals surface area contributed by atoms with Crippen LogP contribution in [-0.2, 0) is 13.1 Å². The maximum atomic E-state index is 6.23. The minimum Gasteiger partial charge on any atom is -0.493 e. The minimum absolute atomic E-state index is 0.588. The van der Waals surface area contributed by atoms with Crippen LogP contribution in [0.15, 0.2) is 24.7 Å². The quantitative estimate of drug-likeness (QED) is 0.889. The maximum absolute atomic E-state index is 6.23. The Hall–Kier alpha value is -1.88. The molecular formula is C14H18ClN3O2. The van der Waals surface area contributed by atoms with Gasteiger partial charge in [0.25, 0.3) is 0 Å². The second kappa shape index (κ2) is 6.52. The third-order valence-corrected chi connectivity index (χ3v) is 3.39. The molecular weight excluding hydrogens is 278 g/mol. The van der Waals surface area contributed by atoms with E-state index in [4.69, 9.17) is 21.1 Å². The summed E-state index contributed by atoms with van der Waals surface area (Å²) in [5, 5.41) is 3.88. The van der Waals surface area contributed by atoms with E-state index in [0.29, 0.717) is 23.1 Å². The largest absolute Gasteiger partial charge is 0.493 e. The zero-order valence-corrected chi connectivity index (χ0v) is 12.6. The lowest BCUT2D eigenvalue weighted by Crippen LogP contribution is -2.06. The normalized spacial score (nSPS) is 10.4. The molecule has 1 N–H and O–H groups in total. The zero-order valence-electron chi connectivity index (χ0n) is 11.8. The monoisotopic (exact) mass is 295 g/mol. The van der Waals surface area contributed by atoms with Gasteiger partial charge in [-0.15, -0.1) is 0 Å². The Labute approximate surface area is 123 Å². The predicted octanol–water partition coefficient (Wildman–Crippen LogP) is 3.19. The Morgan fingerprint density at radius 2 is 1.95 bits per heavy atom. The third kappa shape index (κ3) is 2.99. The van der Waals surface area contributed by atoms with Gasteiger partial charge in [0.15, 0.2) is 11.5 Å². The van der Waals surface area contributed by atoms with Gasteiger partial charge in [-0.25, -0.2) is 4.98 Å². The highest BCUT2D eigenvalue weighted by Gasteiger charge is 2.10. The van der Waals surface area contributed by atoms with Crippen LogP contribution in [0.5, 0.6) is 11.5 Å². The van der Waals surface area contributed by atoms with E-state index in [0.717, 1.165) is 17.9 Å². The molecule has 0 saturated carbocycles. The van der Waals surface area contributed by atoms with Crippen LogP contribution in [0.25, 0.3) is 0 Å². The van der Waals surface area contributed by atoms with Gasteiger partial charge >= 0.3 is 0 Å². The number of methoxy groups -OCH3 is 2. The van der Waals surface area contributed by atoms with Gasteiger partial charge in [0.1, 0.15) is 0 Å². The van der Waals surface area contributed by atoms with Crippen molar-refractivity contribution in [1.29, 1.82) is 0 Å². The van der Waals surface area contributed by atoms with E-state index in [1.807, 2.05) is 18.6 Å². The van der Waals surface area contributed by atoms with Gasteiger partial charge in [0.2, 0.25) is 0 Å². The van der Waals surface area contributed by atoms with Gasteiger partial charge in [-0.2, -0.15) is 0 Å². The highest BCUT2D eigenvalue weighted by molar-refractivity contribution is 6.33. The van der Waals surface area contributed by atoms with Crippen LogP contribution in [0.1, 0.15) is 12.6 Å². The highest BCUT2D eigenvalue weighted by Crippen LogP contribution is 2.36. The smallest absolute Gasteiger partial charge is 0.162 e. The molecule has 0 spiro atoms. The topological polar surface area (TPSA) is 48.3 Å². The summed E-state index contributed by atoms with van der Waals surface area (Å²) in [6, 6.07) is 3.56. The van der Waals surface area contributed by atoms with E-state index in [9.17, 15) is 0 Å². The average Bonchev–Trinajstić information content (AvgIpc) is 2.93. The number of hydrogen-bond donors (Lipinski definition) is 1. The summed E-state index contributed by atoms with van der Waals surface area (Å²) in [4.78, 5) is 4.13. The number of nitrogens with zero attached hydrogens (tertiary/aromatic N) is 2. The van der Waals surface area contributed by atoms with Crippen LogP contribution in [-0.4, -0.2) is 23.8 Å². The molecule has 0 aliphatic heterocycles. The standard InChI is InChI=1S/C14H18ClN3O2/c1-4-18-9-16-7-10(18)8-17-12-6-14(20-3)13(19-2)5-11(12)15/h5-7,9,17H,4,8H2,1-3H3. The summed E-state index contributed by atoms with van der Waals surface area (Å²) >= 11 is 6.23. The van der Waals surface area contributed by atoms with Crippen molar-refractivity contribution in [2.45, 2.75) is 20.0 Å². The lowest BCUT2D eigenvalue weighted by Gasteiger charge is -2.13. The molecule has 5 nitrogen and oxygen atoms in total. The lowest BCUT2D eigenvalue weighted by atomic mass is 10.2. The zero-order chi connectivity index (χ0) is 14.5. The number of ether oxygens (including phenoxy) is 2. The van der Waals surface area contributed by atoms with E-state index >= 15 is 0 Å². The van der Waals surface area contributed by atoms with Gasteiger partial charge < -0.3 is 19.4 Å². The molecule has 0 unspecified atom stereocenters. The van der Waals surface area contributed by atoms with Crippen molar-refractivity contribution < 1.29 is 9.47 Å². The Kier molecular flexibility index (Phi) is 4.74. The fraction of sp³-hybridized carbons (Fsp3) is 0.357. The van der Waals surface area contributed by atoms with Crippen molar-refractivity contribution >= 4 is 17.3 Å². The van der Waals surface area contributed by atoms with Crippen molar-refractivity contribution in [2.24, 2.45) is 0 Å². The average molecular weight is 296 g/mol. The second-order valence-corrected chi connectivity index (χ2v) is 4.62. The van der Waals surface area contributed by atoms with E-state index < -0.39 is 0 Å². The number of benzene rings is 1. The summed E-state index contributed by atoms with van der Waals surface area (Å²) < 4.78 is 12.6. The van der Waals surface area contributed by atoms with Crippen molar-refractivity contribution in [3.05, 3.63) is 35.4 Å². The molecule has 1 aromatic heterocycles. The number of aromatic nitrogens is 2. The Bertz CT molecular complexity index is 584. The molecule has 0 atom stereocenters. The van der Waals surface area contributed by atoms with E-state index in [-0.39, 0.29) is 0 Å². The summed E-state index contributed by atoms with van der Waals surface area (Å²) in [5.74, 6) is 1.25. The van der Waals surface area contributed by atoms with Crippen molar-refractivity contribution in [2.75, 3.05) is 19.5 Å². The molecule has 1 heterocycles. The molecule has 2 rings (SSSR count). The fourth-order valence-electron chi connectivity index (χ4n) is 1.96. The number of nitrogens with one attached hydrogen (secondary N) is 1. The molecule has 0 aliphatic carbocycles. The van der Waals surface area contributed by atoms with Crippen molar-refractivity contribution in [1.82, 2.24) is 9.55 Å². The number of aryl methyl sites for hydroxylation is 1. The Morgan fingerprint density at radius 3 is 2.60 bits per heavy atom. The first-order valence-corrected chi connectivity index (χ1v) is 6.71. The number of hydrogen-bond acceptors (Lipinski definition) is 4. The maximum Gasteiger partial charge on any atom is 0.162 e. The SMILES string of the molecule is CCn1cncc1CNc1cc(OC)c(OC)cc1Cl. The van der Waals surface area contributed by atoms with Crippen LogP contribution < -0.4 is 14.8 Å². The lowest BCUT2D eigenvalue weighted by molar-refractivity contribution is 0.355. The van der Waals surface area contributed by atoms with Gasteiger partial charge in [-0.3, -0.25) is 0 Å².